The molecule has 0 aliphatic heterocycles. The molecule has 2 N–H and O–H groups in total. The van der Waals surface area contributed by atoms with E-state index in [9.17, 15) is 18.0 Å². The molecule has 10 heteroatoms. The van der Waals surface area contributed by atoms with Gasteiger partial charge in [-0.15, -0.1) is 0 Å². The van der Waals surface area contributed by atoms with Crippen LogP contribution in [0.1, 0.15) is 36.8 Å². The molecule has 0 radical (unpaired) electrons. The van der Waals surface area contributed by atoms with E-state index < -0.39 is 15.9 Å². The standard InChI is InChI=1S/C19H27N5O4S/c1-12(19-13(2)22-24(6)14(19)3)20-18(26)11-23(5)29(27,28)17-9-7-16(8-10-17)21-15(4)25/h7-10,12H,11H2,1-6H3,(H,20,26)(H,21,25). The van der Waals surface area contributed by atoms with Crippen molar-refractivity contribution in [3.05, 3.63) is 41.2 Å². The lowest BCUT2D eigenvalue weighted by molar-refractivity contribution is -0.121. The summed E-state index contributed by atoms with van der Waals surface area (Å²) >= 11 is 0. The molecule has 158 valence electrons. The highest BCUT2D eigenvalue weighted by Crippen LogP contribution is 2.21. The number of likely N-dealkylation sites (N-methyl/N-ethyl adjacent to an activating group) is 1. The number of nitrogens with one attached hydrogen (secondary N) is 2. The molecule has 0 fully saturated rings. The van der Waals surface area contributed by atoms with Gasteiger partial charge in [-0.1, -0.05) is 0 Å². The van der Waals surface area contributed by atoms with Crippen LogP contribution in [0.25, 0.3) is 0 Å². The first-order valence-electron chi connectivity index (χ1n) is 9.07. The van der Waals surface area contributed by atoms with Gasteiger partial charge in [0.15, 0.2) is 0 Å². The van der Waals surface area contributed by atoms with E-state index in [0.717, 1.165) is 21.3 Å². The molecule has 0 saturated carbocycles. The van der Waals surface area contributed by atoms with Crippen LogP contribution in [0.3, 0.4) is 0 Å². The molecule has 1 aromatic carbocycles. The third kappa shape index (κ3) is 5.21. The summed E-state index contributed by atoms with van der Waals surface area (Å²) in [5.41, 5.74) is 3.17. The summed E-state index contributed by atoms with van der Waals surface area (Å²) in [5, 5.41) is 9.74. The molecule has 0 aliphatic carbocycles. The molecule has 0 bridgehead atoms. The molecule has 2 rings (SSSR count). The maximum atomic E-state index is 12.7. The molecule has 1 aromatic heterocycles. The fourth-order valence-corrected chi connectivity index (χ4v) is 4.28. The Hall–Kier alpha value is -2.72. The molecule has 1 heterocycles. The summed E-state index contributed by atoms with van der Waals surface area (Å²) in [7, 11) is -0.668. The Morgan fingerprint density at radius 1 is 1.21 bits per heavy atom. The number of benzene rings is 1. The third-order valence-electron chi connectivity index (χ3n) is 4.62. The highest BCUT2D eigenvalue weighted by atomic mass is 32.2. The SMILES string of the molecule is CC(=O)Nc1ccc(S(=O)(=O)N(C)CC(=O)NC(C)c2c(C)nn(C)c2C)cc1. The Balaban J connectivity index is 2.06. The molecule has 2 amide bonds. The second-order valence-corrected chi connectivity index (χ2v) is 9.01. The normalized spacial score (nSPS) is 12.7. The second-order valence-electron chi connectivity index (χ2n) is 6.96. The summed E-state index contributed by atoms with van der Waals surface area (Å²) in [6.07, 6.45) is 0. The van der Waals surface area contributed by atoms with Gasteiger partial charge in [-0.2, -0.15) is 9.40 Å². The van der Waals surface area contributed by atoms with Crippen molar-refractivity contribution < 1.29 is 18.0 Å². The lowest BCUT2D eigenvalue weighted by atomic mass is 10.1. The van der Waals surface area contributed by atoms with E-state index in [1.165, 1.54) is 38.2 Å². The molecular weight excluding hydrogens is 394 g/mol. The Labute approximate surface area is 171 Å². The summed E-state index contributed by atoms with van der Waals surface area (Å²) in [6.45, 7) is 6.67. The first-order valence-corrected chi connectivity index (χ1v) is 10.5. The number of anilines is 1. The van der Waals surface area contributed by atoms with Crippen LogP contribution in [0.4, 0.5) is 5.69 Å². The minimum atomic E-state index is -3.85. The van der Waals surface area contributed by atoms with Gasteiger partial charge in [0.1, 0.15) is 0 Å². The Morgan fingerprint density at radius 3 is 2.28 bits per heavy atom. The van der Waals surface area contributed by atoms with Gasteiger partial charge in [-0.05, 0) is 45.0 Å². The molecule has 1 atom stereocenters. The van der Waals surface area contributed by atoms with Crippen LogP contribution in [-0.2, 0) is 26.7 Å². The summed E-state index contributed by atoms with van der Waals surface area (Å²) in [4.78, 5) is 23.5. The van der Waals surface area contributed by atoms with Crippen LogP contribution in [-0.4, -0.2) is 47.9 Å². The number of nitrogens with zero attached hydrogens (tertiary/aromatic N) is 3. The van der Waals surface area contributed by atoms with E-state index in [0.29, 0.717) is 5.69 Å². The highest BCUT2D eigenvalue weighted by Gasteiger charge is 2.25. The average Bonchev–Trinajstić information content (AvgIpc) is 2.86. The van der Waals surface area contributed by atoms with Crippen molar-refractivity contribution in [2.45, 2.75) is 38.6 Å². The van der Waals surface area contributed by atoms with Crippen molar-refractivity contribution >= 4 is 27.5 Å². The zero-order chi connectivity index (χ0) is 21.9. The Kier molecular flexibility index (Phi) is 6.81. The maximum Gasteiger partial charge on any atom is 0.243 e. The van der Waals surface area contributed by atoms with Crippen molar-refractivity contribution in [3.63, 3.8) is 0 Å². The van der Waals surface area contributed by atoms with Gasteiger partial charge in [-0.25, -0.2) is 8.42 Å². The molecule has 0 saturated heterocycles. The highest BCUT2D eigenvalue weighted by molar-refractivity contribution is 7.89. The number of aromatic nitrogens is 2. The van der Waals surface area contributed by atoms with E-state index in [4.69, 9.17) is 0 Å². The van der Waals surface area contributed by atoms with Gasteiger partial charge in [0.25, 0.3) is 0 Å². The van der Waals surface area contributed by atoms with Crippen molar-refractivity contribution in [1.82, 2.24) is 19.4 Å². The number of hydrogen-bond acceptors (Lipinski definition) is 5. The van der Waals surface area contributed by atoms with Gasteiger partial charge in [0.2, 0.25) is 21.8 Å². The predicted molar refractivity (Wildman–Crippen MR) is 110 cm³/mol. The van der Waals surface area contributed by atoms with Gasteiger partial charge in [0.05, 0.1) is 23.2 Å². The van der Waals surface area contributed by atoms with E-state index in [1.54, 1.807) is 4.68 Å². The van der Waals surface area contributed by atoms with Crippen molar-refractivity contribution in [2.24, 2.45) is 7.05 Å². The van der Waals surface area contributed by atoms with Gasteiger partial charge in [0, 0.05) is 38.0 Å². The van der Waals surface area contributed by atoms with Crippen LogP contribution in [0.2, 0.25) is 0 Å². The molecule has 2 aromatic rings. The molecule has 0 spiro atoms. The van der Waals surface area contributed by atoms with Crippen LogP contribution in [0.15, 0.2) is 29.2 Å². The quantitative estimate of drug-likeness (QED) is 0.703. The van der Waals surface area contributed by atoms with E-state index in [2.05, 4.69) is 15.7 Å². The monoisotopic (exact) mass is 421 g/mol. The third-order valence-corrected chi connectivity index (χ3v) is 6.44. The number of sulfonamides is 1. The van der Waals surface area contributed by atoms with Gasteiger partial charge < -0.3 is 10.6 Å². The molecule has 0 aliphatic rings. The lowest BCUT2D eigenvalue weighted by Crippen LogP contribution is -2.39. The minimum Gasteiger partial charge on any atom is -0.348 e. The van der Waals surface area contributed by atoms with Crippen molar-refractivity contribution in [1.29, 1.82) is 0 Å². The topological polar surface area (TPSA) is 113 Å². The number of carbonyl (C=O) groups is 2. The Morgan fingerprint density at radius 2 is 1.79 bits per heavy atom. The second kappa shape index (κ2) is 8.75. The molecule has 1 unspecified atom stereocenters. The summed E-state index contributed by atoms with van der Waals surface area (Å²) in [6, 6.07) is 5.47. The fraction of sp³-hybridized carbons (Fsp3) is 0.421. The van der Waals surface area contributed by atoms with E-state index >= 15 is 0 Å². The van der Waals surface area contributed by atoms with E-state index in [-0.39, 0.29) is 23.4 Å². The summed E-state index contributed by atoms with van der Waals surface area (Å²) in [5.74, 6) is -0.663. The average molecular weight is 422 g/mol. The van der Waals surface area contributed by atoms with Crippen LogP contribution in [0, 0.1) is 13.8 Å². The van der Waals surface area contributed by atoms with Crippen LogP contribution in [0.5, 0.6) is 0 Å². The maximum absolute atomic E-state index is 12.7. The lowest BCUT2D eigenvalue weighted by Gasteiger charge is -2.20. The Bertz CT molecular complexity index is 1010. The van der Waals surface area contributed by atoms with Crippen molar-refractivity contribution in [3.8, 4) is 0 Å². The molecule has 9 nitrogen and oxygen atoms in total. The largest absolute Gasteiger partial charge is 0.348 e. The van der Waals surface area contributed by atoms with Crippen molar-refractivity contribution in [2.75, 3.05) is 18.9 Å². The number of hydrogen-bond donors (Lipinski definition) is 2. The zero-order valence-corrected chi connectivity index (χ0v) is 18.3. The molecule has 29 heavy (non-hydrogen) atoms. The van der Waals surface area contributed by atoms with Crippen LogP contribution < -0.4 is 10.6 Å². The predicted octanol–water partition coefficient (Wildman–Crippen LogP) is 1.49. The summed E-state index contributed by atoms with van der Waals surface area (Å²) < 4.78 is 28.2. The minimum absolute atomic E-state index is 0.0360. The first kappa shape index (κ1) is 22.6. The molecular formula is C19H27N5O4S. The number of aryl methyl sites for hydroxylation is 2. The zero-order valence-electron chi connectivity index (χ0n) is 17.5. The number of amides is 2. The van der Waals surface area contributed by atoms with Gasteiger partial charge >= 0.3 is 0 Å². The van der Waals surface area contributed by atoms with Gasteiger partial charge in [-0.3, -0.25) is 14.3 Å². The van der Waals surface area contributed by atoms with Crippen LogP contribution >= 0.6 is 0 Å². The first-order chi connectivity index (χ1) is 13.4. The number of carbonyl (C=O) groups excluding carboxylic acids is 2. The number of rotatable bonds is 7. The van der Waals surface area contributed by atoms with E-state index in [1.807, 2.05) is 27.8 Å². The smallest absolute Gasteiger partial charge is 0.243 e. The fourth-order valence-electron chi connectivity index (χ4n) is 3.16.